The van der Waals surface area contributed by atoms with E-state index >= 15 is 0 Å². The lowest BCUT2D eigenvalue weighted by Crippen LogP contribution is -2.39. The molecular formula is C17H12Cl2F3NO4S. The van der Waals surface area contributed by atoms with Crippen molar-refractivity contribution in [3.05, 3.63) is 58.1 Å². The van der Waals surface area contributed by atoms with Crippen LogP contribution in [0.4, 0.5) is 13.2 Å². The lowest BCUT2D eigenvalue weighted by atomic mass is 9.95. The zero-order valence-corrected chi connectivity index (χ0v) is 16.2. The second-order valence-corrected chi connectivity index (χ2v) is 8.69. The van der Waals surface area contributed by atoms with Crippen molar-refractivity contribution in [2.24, 2.45) is 0 Å². The molecule has 0 heterocycles. The van der Waals surface area contributed by atoms with Gasteiger partial charge in [0.2, 0.25) is 5.91 Å². The summed E-state index contributed by atoms with van der Waals surface area (Å²) in [6, 6.07) is 8.07. The van der Waals surface area contributed by atoms with Crippen molar-refractivity contribution < 1.29 is 31.1 Å². The molecule has 1 aliphatic rings. The van der Waals surface area contributed by atoms with Crippen molar-refractivity contribution in [3.8, 4) is 5.75 Å². The molecule has 0 radical (unpaired) electrons. The fourth-order valence-corrected chi connectivity index (χ4v) is 4.36. The largest absolute Gasteiger partial charge is 0.573 e. The summed E-state index contributed by atoms with van der Waals surface area (Å²) in [4.78, 5) is 12.3. The molecule has 1 N–H and O–H groups in total. The highest BCUT2D eigenvalue weighted by Gasteiger charge is 2.53. The number of sulfonamides is 1. The van der Waals surface area contributed by atoms with Crippen LogP contribution >= 0.6 is 23.2 Å². The molecular weight excluding hydrogens is 442 g/mol. The molecule has 3 rings (SSSR count). The van der Waals surface area contributed by atoms with E-state index in [9.17, 15) is 26.4 Å². The third kappa shape index (κ3) is 4.37. The van der Waals surface area contributed by atoms with Gasteiger partial charge in [0.15, 0.2) is 0 Å². The van der Waals surface area contributed by atoms with Crippen LogP contribution in [-0.4, -0.2) is 20.7 Å². The van der Waals surface area contributed by atoms with Crippen LogP contribution in [0.3, 0.4) is 0 Å². The number of benzene rings is 2. The Hall–Kier alpha value is -1.97. The van der Waals surface area contributed by atoms with E-state index < -0.39 is 33.5 Å². The summed E-state index contributed by atoms with van der Waals surface area (Å²) in [5.41, 5.74) is -0.631. The maximum absolute atomic E-state index is 12.7. The van der Waals surface area contributed by atoms with Crippen LogP contribution in [0.15, 0.2) is 47.4 Å². The molecule has 1 saturated carbocycles. The third-order valence-electron chi connectivity index (χ3n) is 4.23. The molecule has 0 bridgehead atoms. The normalized spacial score (nSPS) is 15.8. The zero-order chi connectivity index (χ0) is 20.7. The van der Waals surface area contributed by atoms with Crippen LogP contribution in [0, 0.1) is 0 Å². The summed E-state index contributed by atoms with van der Waals surface area (Å²) in [7, 11) is -4.30. The maximum atomic E-state index is 12.7. The van der Waals surface area contributed by atoms with Crippen LogP contribution < -0.4 is 9.46 Å². The highest BCUT2D eigenvalue weighted by molar-refractivity contribution is 7.90. The average Bonchev–Trinajstić information content (AvgIpc) is 3.35. The molecule has 0 spiro atoms. The first-order chi connectivity index (χ1) is 12.9. The minimum atomic E-state index is -4.90. The van der Waals surface area contributed by atoms with Crippen molar-refractivity contribution in [1.82, 2.24) is 4.72 Å². The Bertz CT molecular complexity index is 1020. The van der Waals surface area contributed by atoms with Crippen molar-refractivity contribution in [1.29, 1.82) is 0 Å². The molecule has 1 amide bonds. The number of ether oxygens (including phenoxy) is 1. The SMILES string of the molecule is O=C(NS(=O)(=O)c1ccc(OC(F)(F)F)cc1)C1(c2ccc(Cl)cc2Cl)CC1. The number of alkyl halides is 3. The van der Waals surface area contributed by atoms with E-state index in [2.05, 4.69) is 4.74 Å². The van der Waals surface area contributed by atoms with E-state index in [0.29, 0.717) is 23.4 Å². The van der Waals surface area contributed by atoms with Gasteiger partial charge in [0, 0.05) is 10.0 Å². The van der Waals surface area contributed by atoms with Crippen LogP contribution in [0.5, 0.6) is 5.75 Å². The van der Waals surface area contributed by atoms with E-state index in [0.717, 1.165) is 24.3 Å². The summed E-state index contributed by atoms with van der Waals surface area (Å²) < 4.78 is 67.1. The van der Waals surface area contributed by atoms with Crippen molar-refractivity contribution in [2.45, 2.75) is 29.5 Å². The van der Waals surface area contributed by atoms with Crippen LogP contribution in [0.25, 0.3) is 0 Å². The Morgan fingerprint density at radius 1 is 1.07 bits per heavy atom. The summed E-state index contributed by atoms with van der Waals surface area (Å²) in [6.45, 7) is 0. The molecule has 28 heavy (non-hydrogen) atoms. The van der Waals surface area contributed by atoms with E-state index in [1.807, 2.05) is 4.72 Å². The Morgan fingerprint density at radius 2 is 1.68 bits per heavy atom. The summed E-state index contributed by atoms with van der Waals surface area (Å²) >= 11 is 12.0. The summed E-state index contributed by atoms with van der Waals surface area (Å²) in [6.07, 6.45) is -4.10. The van der Waals surface area contributed by atoms with Gasteiger partial charge < -0.3 is 4.74 Å². The second kappa shape index (κ2) is 7.13. The molecule has 1 fully saturated rings. The monoisotopic (exact) mass is 453 g/mol. The number of carbonyl (C=O) groups is 1. The lowest BCUT2D eigenvalue weighted by Gasteiger charge is -2.17. The van der Waals surface area contributed by atoms with Gasteiger partial charge in [0.25, 0.3) is 10.0 Å². The van der Waals surface area contributed by atoms with Gasteiger partial charge in [-0.3, -0.25) is 4.79 Å². The first kappa shape index (κ1) is 20.8. The van der Waals surface area contributed by atoms with Gasteiger partial charge in [0.05, 0.1) is 10.3 Å². The standard InChI is InChI=1S/C17H12Cl2F3NO4S/c18-10-1-6-13(14(19)9-10)16(7-8-16)15(24)23-28(25,26)12-4-2-11(3-5-12)27-17(20,21)22/h1-6,9H,7-8H2,(H,23,24). The topological polar surface area (TPSA) is 72.5 Å². The number of halogens is 5. The highest BCUT2D eigenvalue weighted by Crippen LogP contribution is 2.51. The predicted octanol–water partition coefficient (Wildman–Crippen LogP) is 4.43. The van der Waals surface area contributed by atoms with E-state index in [1.165, 1.54) is 6.07 Å². The lowest BCUT2D eigenvalue weighted by molar-refractivity contribution is -0.274. The van der Waals surface area contributed by atoms with Crippen LogP contribution in [-0.2, 0) is 20.2 Å². The molecule has 11 heteroatoms. The maximum Gasteiger partial charge on any atom is 0.573 e. The van der Waals surface area contributed by atoms with Gasteiger partial charge in [-0.05, 0) is 54.8 Å². The average molecular weight is 454 g/mol. The molecule has 0 atom stereocenters. The zero-order valence-electron chi connectivity index (χ0n) is 13.9. The first-order valence-electron chi connectivity index (χ1n) is 7.82. The third-order valence-corrected chi connectivity index (χ3v) is 6.12. The Labute approximate surface area is 168 Å². The Morgan fingerprint density at radius 3 is 2.18 bits per heavy atom. The van der Waals surface area contributed by atoms with Gasteiger partial charge in [-0.1, -0.05) is 29.3 Å². The van der Waals surface area contributed by atoms with Gasteiger partial charge >= 0.3 is 6.36 Å². The molecule has 1 aliphatic carbocycles. The first-order valence-corrected chi connectivity index (χ1v) is 10.1. The molecule has 0 saturated heterocycles. The fraction of sp³-hybridized carbons (Fsp3) is 0.235. The summed E-state index contributed by atoms with van der Waals surface area (Å²) in [5.74, 6) is -1.35. The number of hydrogen-bond donors (Lipinski definition) is 1. The van der Waals surface area contributed by atoms with Crippen molar-refractivity contribution >= 4 is 39.1 Å². The van der Waals surface area contributed by atoms with Crippen molar-refractivity contribution in [3.63, 3.8) is 0 Å². The molecule has 2 aromatic carbocycles. The molecule has 0 aliphatic heterocycles. The molecule has 150 valence electrons. The van der Waals surface area contributed by atoms with Crippen LogP contribution in [0.1, 0.15) is 18.4 Å². The fourth-order valence-electron chi connectivity index (χ4n) is 2.72. The Balaban J connectivity index is 1.79. The van der Waals surface area contributed by atoms with Gasteiger partial charge in [-0.25, -0.2) is 13.1 Å². The minimum absolute atomic E-state index is 0.242. The van der Waals surface area contributed by atoms with Crippen molar-refractivity contribution in [2.75, 3.05) is 0 Å². The quantitative estimate of drug-likeness (QED) is 0.726. The second-order valence-electron chi connectivity index (χ2n) is 6.16. The molecule has 0 unspecified atom stereocenters. The molecule has 0 aromatic heterocycles. The summed E-state index contributed by atoms with van der Waals surface area (Å²) in [5, 5.41) is 0.616. The van der Waals surface area contributed by atoms with E-state index in [-0.39, 0.29) is 9.92 Å². The van der Waals surface area contributed by atoms with Crippen LogP contribution in [0.2, 0.25) is 10.0 Å². The number of nitrogens with one attached hydrogen (secondary N) is 1. The highest BCUT2D eigenvalue weighted by atomic mass is 35.5. The number of rotatable bonds is 5. The van der Waals surface area contributed by atoms with E-state index in [1.54, 1.807) is 12.1 Å². The Kier molecular flexibility index (Phi) is 5.28. The smallest absolute Gasteiger partial charge is 0.406 e. The number of carbonyl (C=O) groups excluding carboxylic acids is 1. The van der Waals surface area contributed by atoms with Gasteiger partial charge in [-0.2, -0.15) is 0 Å². The molecule has 5 nitrogen and oxygen atoms in total. The number of hydrogen-bond acceptors (Lipinski definition) is 4. The number of amides is 1. The van der Waals surface area contributed by atoms with Gasteiger partial charge in [0.1, 0.15) is 5.75 Å². The predicted molar refractivity (Wildman–Crippen MR) is 95.8 cm³/mol. The van der Waals surface area contributed by atoms with E-state index in [4.69, 9.17) is 23.2 Å². The molecule has 2 aromatic rings. The minimum Gasteiger partial charge on any atom is -0.406 e. The van der Waals surface area contributed by atoms with Gasteiger partial charge in [-0.15, -0.1) is 13.2 Å².